The Kier molecular flexibility index (Phi) is 5.35. The number of amides is 1. The Bertz CT molecular complexity index is 657. The van der Waals surface area contributed by atoms with Crippen LogP contribution in [0.25, 0.3) is 0 Å². The molecular formula is C17H19BrN4O. The van der Waals surface area contributed by atoms with Crippen molar-refractivity contribution in [3.05, 3.63) is 58.6 Å². The molecule has 5 nitrogen and oxygen atoms in total. The minimum Gasteiger partial charge on any atom is -0.348 e. The summed E-state index contributed by atoms with van der Waals surface area (Å²) in [5, 5.41) is 3.05. The fourth-order valence-corrected chi connectivity index (χ4v) is 3.25. The molecule has 23 heavy (non-hydrogen) atoms. The summed E-state index contributed by atoms with van der Waals surface area (Å²) in [6.45, 7) is 2.92. The molecule has 0 spiro atoms. The van der Waals surface area contributed by atoms with Gasteiger partial charge in [0.05, 0.1) is 6.20 Å². The smallest absolute Gasteiger partial charge is 0.271 e. The van der Waals surface area contributed by atoms with Gasteiger partial charge in [0, 0.05) is 42.5 Å². The third-order valence-corrected chi connectivity index (χ3v) is 4.51. The van der Waals surface area contributed by atoms with Crippen LogP contribution in [0.15, 0.2) is 47.3 Å². The molecule has 3 rings (SSSR count). The Morgan fingerprint density at radius 2 is 2.13 bits per heavy atom. The van der Waals surface area contributed by atoms with Crippen LogP contribution in [0.3, 0.4) is 0 Å². The highest BCUT2D eigenvalue weighted by Crippen LogP contribution is 2.17. The van der Waals surface area contributed by atoms with E-state index in [2.05, 4.69) is 54.3 Å². The highest BCUT2D eigenvalue weighted by molar-refractivity contribution is 9.10. The Balaban J connectivity index is 1.48. The summed E-state index contributed by atoms with van der Waals surface area (Å²) < 4.78 is 1.11. The van der Waals surface area contributed by atoms with Gasteiger partial charge in [0.2, 0.25) is 0 Å². The van der Waals surface area contributed by atoms with Crippen LogP contribution in [0.4, 0.5) is 0 Å². The molecule has 0 bridgehead atoms. The number of rotatable bonds is 4. The third kappa shape index (κ3) is 4.59. The van der Waals surface area contributed by atoms with Crippen molar-refractivity contribution < 1.29 is 4.79 Å². The SMILES string of the molecule is O=C(NC1CCN(Cc2cccc(Br)c2)CC1)c1cnccn1. The molecule has 1 N–H and O–H groups in total. The monoisotopic (exact) mass is 374 g/mol. The van der Waals surface area contributed by atoms with E-state index in [4.69, 9.17) is 0 Å². The van der Waals surface area contributed by atoms with Gasteiger partial charge < -0.3 is 5.32 Å². The molecule has 0 aliphatic carbocycles. The van der Waals surface area contributed by atoms with Crippen LogP contribution in [0.1, 0.15) is 28.9 Å². The maximum atomic E-state index is 12.1. The van der Waals surface area contributed by atoms with Crippen LogP contribution in [-0.4, -0.2) is 39.9 Å². The average Bonchev–Trinajstić information content (AvgIpc) is 2.57. The van der Waals surface area contributed by atoms with Crippen LogP contribution >= 0.6 is 15.9 Å². The molecule has 0 radical (unpaired) electrons. The number of piperidine rings is 1. The number of aromatic nitrogens is 2. The molecule has 0 atom stereocenters. The van der Waals surface area contributed by atoms with Crippen molar-refractivity contribution in [1.82, 2.24) is 20.2 Å². The van der Waals surface area contributed by atoms with E-state index >= 15 is 0 Å². The zero-order valence-electron chi connectivity index (χ0n) is 12.8. The highest BCUT2D eigenvalue weighted by Gasteiger charge is 2.21. The molecule has 0 saturated carbocycles. The summed E-state index contributed by atoms with van der Waals surface area (Å²) in [6.07, 6.45) is 6.52. The quantitative estimate of drug-likeness (QED) is 0.893. The van der Waals surface area contributed by atoms with Gasteiger partial charge in [-0.2, -0.15) is 0 Å². The van der Waals surface area contributed by atoms with Crippen molar-refractivity contribution >= 4 is 21.8 Å². The molecular weight excluding hydrogens is 356 g/mol. The average molecular weight is 375 g/mol. The Morgan fingerprint density at radius 1 is 1.30 bits per heavy atom. The second-order valence-corrected chi connectivity index (χ2v) is 6.66. The molecule has 1 fully saturated rings. The molecule has 6 heteroatoms. The van der Waals surface area contributed by atoms with Gasteiger partial charge in [-0.15, -0.1) is 0 Å². The number of nitrogens with one attached hydrogen (secondary N) is 1. The lowest BCUT2D eigenvalue weighted by Gasteiger charge is -2.32. The predicted octanol–water partition coefficient (Wildman–Crippen LogP) is 2.63. The van der Waals surface area contributed by atoms with Gasteiger partial charge in [-0.1, -0.05) is 28.1 Å². The number of hydrogen-bond acceptors (Lipinski definition) is 4. The summed E-state index contributed by atoms with van der Waals surface area (Å²) in [5.41, 5.74) is 1.69. The molecule has 2 heterocycles. The van der Waals surface area contributed by atoms with Crippen molar-refractivity contribution in [2.75, 3.05) is 13.1 Å². The van der Waals surface area contributed by atoms with Crippen LogP contribution in [0, 0.1) is 0 Å². The van der Waals surface area contributed by atoms with Crippen molar-refractivity contribution in [3.63, 3.8) is 0 Å². The summed E-state index contributed by atoms with van der Waals surface area (Å²) >= 11 is 3.51. The molecule has 1 aromatic carbocycles. The predicted molar refractivity (Wildman–Crippen MR) is 91.9 cm³/mol. The van der Waals surface area contributed by atoms with E-state index in [-0.39, 0.29) is 11.9 Å². The van der Waals surface area contributed by atoms with E-state index in [1.54, 1.807) is 6.20 Å². The summed E-state index contributed by atoms with van der Waals surface area (Å²) in [6, 6.07) is 8.61. The second-order valence-electron chi connectivity index (χ2n) is 5.74. The van der Waals surface area contributed by atoms with E-state index in [0.717, 1.165) is 36.9 Å². The lowest BCUT2D eigenvalue weighted by atomic mass is 10.0. The number of benzene rings is 1. The topological polar surface area (TPSA) is 58.1 Å². The lowest BCUT2D eigenvalue weighted by molar-refractivity contribution is 0.0903. The normalized spacial score (nSPS) is 16.2. The van der Waals surface area contributed by atoms with Crippen LogP contribution in [-0.2, 0) is 6.54 Å². The fraction of sp³-hybridized carbons (Fsp3) is 0.353. The van der Waals surface area contributed by atoms with E-state index in [9.17, 15) is 4.79 Å². The summed E-state index contributed by atoms with van der Waals surface area (Å²) in [5.74, 6) is -0.136. The minimum absolute atomic E-state index is 0.136. The Hall–Kier alpha value is -1.79. The molecule has 1 aliphatic heterocycles. The van der Waals surface area contributed by atoms with E-state index < -0.39 is 0 Å². The summed E-state index contributed by atoms with van der Waals surface area (Å²) in [7, 11) is 0. The Labute approximate surface area is 144 Å². The first-order valence-electron chi connectivity index (χ1n) is 7.74. The van der Waals surface area contributed by atoms with Gasteiger partial charge in [0.1, 0.15) is 5.69 Å². The largest absolute Gasteiger partial charge is 0.348 e. The number of hydrogen-bond donors (Lipinski definition) is 1. The Morgan fingerprint density at radius 3 is 2.83 bits per heavy atom. The van der Waals surface area contributed by atoms with Gasteiger partial charge in [-0.25, -0.2) is 4.98 Å². The van der Waals surface area contributed by atoms with E-state index in [1.165, 1.54) is 18.0 Å². The first-order valence-corrected chi connectivity index (χ1v) is 8.54. The van der Waals surface area contributed by atoms with Gasteiger partial charge in [-0.05, 0) is 30.5 Å². The molecule has 1 aromatic heterocycles. The highest BCUT2D eigenvalue weighted by atomic mass is 79.9. The maximum absolute atomic E-state index is 12.1. The van der Waals surface area contributed by atoms with Gasteiger partial charge in [0.25, 0.3) is 5.91 Å². The van der Waals surface area contributed by atoms with Crippen molar-refractivity contribution in [3.8, 4) is 0 Å². The summed E-state index contributed by atoms with van der Waals surface area (Å²) in [4.78, 5) is 22.5. The minimum atomic E-state index is -0.136. The number of halogens is 1. The van der Waals surface area contributed by atoms with E-state index in [1.807, 2.05) is 6.07 Å². The number of carbonyl (C=O) groups excluding carboxylic acids is 1. The van der Waals surface area contributed by atoms with Crippen LogP contribution in [0.5, 0.6) is 0 Å². The number of nitrogens with zero attached hydrogens (tertiary/aromatic N) is 3. The maximum Gasteiger partial charge on any atom is 0.271 e. The van der Waals surface area contributed by atoms with Crippen molar-refractivity contribution in [2.24, 2.45) is 0 Å². The van der Waals surface area contributed by atoms with Crippen LogP contribution in [0.2, 0.25) is 0 Å². The molecule has 120 valence electrons. The zero-order valence-corrected chi connectivity index (χ0v) is 14.4. The van der Waals surface area contributed by atoms with Crippen LogP contribution < -0.4 is 5.32 Å². The molecule has 1 aliphatic rings. The lowest BCUT2D eigenvalue weighted by Crippen LogP contribution is -2.44. The van der Waals surface area contributed by atoms with E-state index in [0.29, 0.717) is 5.69 Å². The molecule has 0 unspecified atom stereocenters. The standard InChI is InChI=1S/C17H19BrN4O/c18-14-3-1-2-13(10-14)12-22-8-4-15(5-9-22)21-17(23)16-11-19-6-7-20-16/h1-3,6-7,10-11,15H,4-5,8-9,12H2,(H,21,23). The first kappa shape index (κ1) is 16.1. The molecule has 1 amide bonds. The van der Waals surface area contributed by atoms with Crippen molar-refractivity contribution in [2.45, 2.75) is 25.4 Å². The zero-order chi connectivity index (χ0) is 16.1. The third-order valence-electron chi connectivity index (χ3n) is 4.01. The molecule has 1 saturated heterocycles. The van der Waals surface area contributed by atoms with Crippen molar-refractivity contribution in [1.29, 1.82) is 0 Å². The number of carbonyl (C=O) groups is 1. The number of likely N-dealkylation sites (tertiary alicyclic amines) is 1. The van der Waals surface area contributed by atoms with Gasteiger partial charge in [0.15, 0.2) is 0 Å². The fourth-order valence-electron chi connectivity index (χ4n) is 2.80. The van der Waals surface area contributed by atoms with Gasteiger partial charge in [-0.3, -0.25) is 14.7 Å². The first-order chi connectivity index (χ1) is 11.2. The molecule has 2 aromatic rings. The van der Waals surface area contributed by atoms with Gasteiger partial charge >= 0.3 is 0 Å². The second kappa shape index (κ2) is 7.66.